The Labute approximate surface area is 123 Å². The third-order valence-corrected chi connectivity index (χ3v) is 3.55. The summed E-state index contributed by atoms with van der Waals surface area (Å²) in [5, 5.41) is 11.1. The topological polar surface area (TPSA) is 68.6 Å². The Bertz CT molecular complexity index is 582. The molecule has 2 rings (SSSR count). The summed E-state index contributed by atoms with van der Waals surface area (Å²) in [6.07, 6.45) is 0.768. The number of aliphatic hydroxyl groups is 1. The zero-order valence-corrected chi connectivity index (χ0v) is 12.2. The summed E-state index contributed by atoms with van der Waals surface area (Å²) in [6.45, 7) is 2.09. The van der Waals surface area contributed by atoms with Crippen LogP contribution in [0.1, 0.15) is 28.9 Å². The van der Waals surface area contributed by atoms with Gasteiger partial charge in [0.15, 0.2) is 0 Å². The molecule has 2 aromatic rings. The largest absolute Gasteiger partial charge is 0.496 e. The van der Waals surface area contributed by atoms with E-state index in [9.17, 15) is 5.11 Å². The molecule has 0 fully saturated rings. The molecule has 0 saturated carbocycles. The number of aryl methyl sites for hydroxylation is 1. The molecule has 5 heteroatoms. The van der Waals surface area contributed by atoms with Gasteiger partial charge in [-0.15, -0.1) is 0 Å². The molecule has 108 valence electrons. The molecule has 4 nitrogen and oxygen atoms in total. The van der Waals surface area contributed by atoms with Crippen LogP contribution < -0.4 is 10.5 Å². The fraction of sp³-hybridized carbons (Fsp3) is 0.333. The minimum atomic E-state index is -0.773. The van der Waals surface area contributed by atoms with Gasteiger partial charge in [-0.1, -0.05) is 11.6 Å². The molecule has 2 atom stereocenters. The Hall–Kier alpha value is -1.49. The summed E-state index contributed by atoms with van der Waals surface area (Å²) in [4.78, 5) is 0. The Balaban J connectivity index is 2.39. The van der Waals surface area contributed by atoms with E-state index in [0.717, 1.165) is 11.3 Å². The fourth-order valence-electron chi connectivity index (χ4n) is 2.27. The van der Waals surface area contributed by atoms with E-state index in [1.54, 1.807) is 37.6 Å². The standard InChI is InChI=1S/C15H18ClNO3/c1-9-5-10(8-20-9)15(18)13(7-17)12-6-11(16)3-4-14(12)19-2/h3-6,8,13,15,18H,7,17H2,1-2H3. The molecule has 1 heterocycles. The predicted octanol–water partition coefficient (Wildman–Crippen LogP) is 3.03. The number of furan rings is 1. The number of hydrogen-bond donors (Lipinski definition) is 2. The number of ether oxygens (including phenoxy) is 1. The van der Waals surface area contributed by atoms with Crippen molar-refractivity contribution in [2.75, 3.05) is 13.7 Å². The van der Waals surface area contributed by atoms with E-state index in [0.29, 0.717) is 16.3 Å². The van der Waals surface area contributed by atoms with Crippen LogP contribution >= 0.6 is 11.6 Å². The summed E-state index contributed by atoms with van der Waals surface area (Å²) in [7, 11) is 1.58. The van der Waals surface area contributed by atoms with Crippen molar-refractivity contribution >= 4 is 11.6 Å². The van der Waals surface area contributed by atoms with Crippen molar-refractivity contribution in [3.8, 4) is 5.75 Å². The first-order valence-corrected chi connectivity index (χ1v) is 6.71. The molecule has 0 bridgehead atoms. The predicted molar refractivity (Wildman–Crippen MR) is 78.2 cm³/mol. The first-order valence-electron chi connectivity index (χ1n) is 6.33. The SMILES string of the molecule is COc1ccc(Cl)cc1C(CN)C(O)c1coc(C)c1. The van der Waals surface area contributed by atoms with Crippen LogP contribution in [0.4, 0.5) is 0 Å². The molecule has 0 amide bonds. The first-order chi connectivity index (χ1) is 9.56. The van der Waals surface area contributed by atoms with Gasteiger partial charge in [0.1, 0.15) is 11.5 Å². The molecule has 0 aliphatic heterocycles. The lowest BCUT2D eigenvalue weighted by Gasteiger charge is -2.23. The van der Waals surface area contributed by atoms with Crippen LogP contribution in [0.3, 0.4) is 0 Å². The van der Waals surface area contributed by atoms with Crippen LogP contribution in [0.25, 0.3) is 0 Å². The van der Waals surface area contributed by atoms with Crippen molar-refractivity contribution < 1.29 is 14.3 Å². The van der Waals surface area contributed by atoms with E-state index >= 15 is 0 Å². The van der Waals surface area contributed by atoms with E-state index in [4.69, 9.17) is 26.5 Å². The molecule has 20 heavy (non-hydrogen) atoms. The molecule has 0 aliphatic carbocycles. The number of hydrogen-bond acceptors (Lipinski definition) is 4. The van der Waals surface area contributed by atoms with Crippen LogP contribution in [0.2, 0.25) is 5.02 Å². The Kier molecular flexibility index (Phi) is 4.70. The Morgan fingerprint density at radius 1 is 1.40 bits per heavy atom. The van der Waals surface area contributed by atoms with Crippen molar-refractivity contribution in [1.29, 1.82) is 0 Å². The molecule has 0 saturated heterocycles. The number of aliphatic hydroxyl groups excluding tert-OH is 1. The molecule has 0 radical (unpaired) electrons. The fourth-order valence-corrected chi connectivity index (χ4v) is 2.45. The maximum absolute atomic E-state index is 10.5. The van der Waals surface area contributed by atoms with E-state index < -0.39 is 6.10 Å². The number of halogens is 1. The zero-order chi connectivity index (χ0) is 14.7. The molecule has 0 spiro atoms. The average Bonchev–Trinajstić information content (AvgIpc) is 2.86. The van der Waals surface area contributed by atoms with Gasteiger partial charge >= 0.3 is 0 Å². The van der Waals surface area contributed by atoms with Gasteiger partial charge in [-0.25, -0.2) is 0 Å². The summed E-state index contributed by atoms with van der Waals surface area (Å²) >= 11 is 6.03. The van der Waals surface area contributed by atoms with Gasteiger partial charge in [0, 0.05) is 28.6 Å². The minimum absolute atomic E-state index is 0.266. The van der Waals surface area contributed by atoms with Crippen molar-refractivity contribution in [3.05, 3.63) is 52.4 Å². The van der Waals surface area contributed by atoms with Gasteiger partial charge in [0.25, 0.3) is 0 Å². The summed E-state index contributed by atoms with van der Waals surface area (Å²) in [5.41, 5.74) is 7.31. The van der Waals surface area contributed by atoms with Crippen LogP contribution in [0, 0.1) is 6.92 Å². The van der Waals surface area contributed by atoms with Crippen LogP contribution in [-0.2, 0) is 0 Å². The zero-order valence-electron chi connectivity index (χ0n) is 11.5. The van der Waals surface area contributed by atoms with Gasteiger partial charge in [-0.3, -0.25) is 0 Å². The highest BCUT2D eigenvalue weighted by atomic mass is 35.5. The molecule has 2 unspecified atom stereocenters. The molecule has 3 N–H and O–H groups in total. The third kappa shape index (κ3) is 2.98. The van der Waals surface area contributed by atoms with Gasteiger partial charge < -0.3 is 20.0 Å². The van der Waals surface area contributed by atoms with Crippen LogP contribution in [0.15, 0.2) is 34.9 Å². The van der Waals surface area contributed by atoms with Crippen LogP contribution in [-0.4, -0.2) is 18.8 Å². The molecular weight excluding hydrogens is 278 g/mol. The average molecular weight is 296 g/mol. The first kappa shape index (κ1) is 14.9. The van der Waals surface area contributed by atoms with Crippen LogP contribution in [0.5, 0.6) is 5.75 Å². The van der Waals surface area contributed by atoms with E-state index in [-0.39, 0.29) is 12.5 Å². The summed E-state index contributed by atoms with van der Waals surface area (Å²) in [5.74, 6) is 1.08. The monoisotopic (exact) mass is 295 g/mol. The molecule has 1 aromatic heterocycles. The van der Waals surface area contributed by atoms with E-state index in [1.807, 2.05) is 6.92 Å². The number of rotatable bonds is 5. The Morgan fingerprint density at radius 2 is 2.15 bits per heavy atom. The highest BCUT2D eigenvalue weighted by Crippen LogP contribution is 2.37. The maximum Gasteiger partial charge on any atom is 0.122 e. The second kappa shape index (κ2) is 6.31. The lowest BCUT2D eigenvalue weighted by Crippen LogP contribution is -2.20. The van der Waals surface area contributed by atoms with E-state index in [1.165, 1.54) is 0 Å². The highest BCUT2D eigenvalue weighted by molar-refractivity contribution is 6.30. The number of nitrogens with two attached hydrogens (primary N) is 1. The Morgan fingerprint density at radius 3 is 2.70 bits per heavy atom. The number of methoxy groups -OCH3 is 1. The van der Waals surface area contributed by atoms with Crippen molar-refractivity contribution in [2.24, 2.45) is 5.73 Å². The quantitative estimate of drug-likeness (QED) is 0.889. The normalized spacial score (nSPS) is 14.1. The maximum atomic E-state index is 10.5. The van der Waals surface area contributed by atoms with E-state index in [2.05, 4.69) is 0 Å². The second-order valence-electron chi connectivity index (χ2n) is 4.66. The molecular formula is C15H18ClNO3. The number of benzene rings is 1. The second-order valence-corrected chi connectivity index (χ2v) is 5.10. The minimum Gasteiger partial charge on any atom is -0.496 e. The smallest absolute Gasteiger partial charge is 0.122 e. The van der Waals surface area contributed by atoms with Gasteiger partial charge in [0.2, 0.25) is 0 Å². The highest BCUT2D eigenvalue weighted by Gasteiger charge is 2.25. The summed E-state index contributed by atoms with van der Waals surface area (Å²) < 4.78 is 10.6. The molecule has 0 aliphatic rings. The van der Waals surface area contributed by atoms with Crippen molar-refractivity contribution in [3.63, 3.8) is 0 Å². The summed E-state index contributed by atoms with van der Waals surface area (Å²) in [6, 6.07) is 7.08. The van der Waals surface area contributed by atoms with Crippen molar-refractivity contribution in [2.45, 2.75) is 18.9 Å². The molecule has 1 aromatic carbocycles. The van der Waals surface area contributed by atoms with Gasteiger partial charge in [-0.2, -0.15) is 0 Å². The van der Waals surface area contributed by atoms with Gasteiger partial charge in [0.05, 0.1) is 19.5 Å². The van der Waals surface area contributed by atoms with Gasteiger partial charge in [-0.05, 0) is 31.2 Å². The lowest BCUT2D eigenvalue weighted by molar-refractivity contribution is 0.145. The van der Waals surface area contributed by atoms with Crippen molar-refractivity contribution in [1.82, 2.24) is 0 Å². The third-order valence-electron chi connectivity index (χ3n) is 3.32. The lowest BCUT2D eigenvalue weighted by atomic mass is 9.89.